The molecule has 2 bridgehead atoms. The van der Waals surface area contributed by atoms with E-state index in [0.717, 1.165) is 18.0 Å². The predicted molar refractivity (Wildman–Crippen MR) is 56.1 cm³/mol. The van der Waals surface area contributed by atoms with Crippen molar-refractivity contribution < 1.29 is 0 Å². The highest BCUT2D eigenvalue weighted by Gasteiger charge is 2.38. The summed E-state index contributed by atoms with van der Waals surface area (Å²) in [5.41, 5.74) is 0. The fraction of sp³-hybridized carbons (Fsp3) is 0.636. The molecule has 1 N–H and O–H groups in total. The molecule has 2 heteroatoms. The number of piperidine rings is 1. The molecule has 2 heterocycles. The second-order valence-corrected chi connectivity index (χ2v) is 5.36. The number of hydrogen-bond acceptors (Lipinski definition) is 2. The van der Waals surface area contributed by atoms with Gasteiger partial charge in [0.15, 0.2) is 0 Å². The van der Waals surface area contributed by atoms with Gasteiger partial charge in [-0.25, -0.2) is 0 Å². The van der Waals surface area contributed by atoms with Gasteiger partial charge in [-0.15, -0.1) is 11.3 Å². The van der Waals surface area contributed by atoms with Crippen LogP contribution in [0.4, 0.5) is 0 Å². The normalized spacial score (nSPS) is 37.1. The van der Waals surface area contributed by atoms with Crippen LogP contribution in [0.15, 0.2) is 17.5 Å². The Hall–Kier alpha value is -0.340. The van der Waals surface area contributed by atoms with Crippen LogP contribution in [0.5, 0.6) is 0 Å². The van der Waals surface area contributed by atoms with Crippen LogP contribution < -0.4 is 5.32 Å². The van der Waals surface area contributed by atoms with E-state index >= 15 is 0 Å². The van der Waals surface area contributed by atoms with Crippen LogP contribution in [0.2, 0.25) is 0 Å². The molecule has 0 radical (unpaired) electrons. The highest BCUT2D eigenvalue weighted by molar-refractivity contribution is 7.09. The average molecular weight is 193 g/mol. The van der Waals surface area contributed by atoms with E-state index in [1.54, 1.807) is 4.88 Å². The molecule has 2 fully saturated rings. The van der Waals surface area contributed by atoms with Gasteiger partial charge in [0.2, 0.25) is 0 Å². The molecule has 70 valence electrons. The molecule has 1 aromatic heterocycles. The van der Waals surface area contributed by atoms with Gasteiger partial charge in [0.25, 0.3) is 0 Å². The molecule has 1 aliphatic carbocycles. The average Bonchev–Trinajstić information content (AvgIpc) is 2.77. The SMILES string of the molecule is c1csc(CC2NC3CCC2C3)c1. The third-order valence-corrected chi connectivity index (χ3v) is 4.39. The Bertz CT molecular complexity index is 280. The van der Waals surface area contributed by atoms with Crippen LogP contribution in [0.3, 0.4) is 0 Å². The van der Waals surface area contributed by atoms with Gasteiger partial charge >= 0.3 is 0 Å². The fourth-order valence-electron chi connectivity index (χ4n) is 2.84. The first-order chi connectivity index (χ1) is 6.42. The summed E-state index contributed by atoms with van der Waals surface area (Å²) in [4.78, 5) is 1.55. The number of thiophene rings is 1. The van der Waals surface area contributed by atoms with Crippen LogP contribution in [0.1, 0.15) is 24.1 Å². The summed E-state index contributed by atoms with van der Waals surface area (Å²) < 4.78 is 0. The Morgan fingerprint density at radius 1 is 1.46 bits per heavy atom. The van der Waals surface area contributed by atoms with Crippen LogP contribution in [-0.2, 0) is 6.42 Å². The summed E-state index contributed by atoms with van der Waals surface area (Å²) in [6.07, 6.45) is 5.59. The molecule has 0 amide bonds. The molecule has 0 aromatic carbocycles. The first-order valence-corrected chi connectivity index (χ1v) is 6.08. The van der Waals surface area contributed by atoms with E-state index in [4.69, 9.17) is 0 Å². The summed E-state index contributed by atoms with van der Waals surface area (Å²) in [5.74, 6) is 0.979. The van der Waals surface area contributed by atoms with Crippen LogP contribution >= 0.6 is 11.3 Å². The zero-order valence-corrected chi connectivity index (χ0v) is 8.52. The largest absolute Gasteiger partial charge is 0.311 e. The third kappa shape index (κ3) is 1.42. The molecular formula is C11H15NS. The van der Waals surface area contributed by atoms with Gasteiger partial charge < -0.3 is 5.32 Å². The second kappa shape index (κ2) is 3.10. The highest BCUT2D eigenvalue weighted by Crippen LogP contribution is 2.36. The highest BCUT2D eigenvalue weighted by atomic mass is 32.1. The van der Waals surface area contributed by atoms with E-state index in [9.17, 15) is 0 Å². The molecule has 0 spiro atoms. The Kier molecular flexibility index (Phi) is 1.91. The van der Waals surface area contributed by atoms with E-state index in [1.807, 2.05) is 11.3 Å². The molecule has 2 aliphatic rings. The van der Waals surface area contributed by atoms with Crippen molar-refractivity contribution in [3.63, 3.8) is 0 Å². The van der Waals surface area contributed by atoms with E-state index in [1.165, 1.54) is 25.7 Å². The van der Waals surface area contributed by atoms with Crippen molar-refractivity contribution in [1.82, 2.24) is 5.32 Å². The standard InChI is InChI=1S/C11H15NS/c1-2-10(13-5-1)7-11-8-3-4-9(6-8)12-11/h1-2,5,8-9,11-12H,3-4,6-7H2. The molecule has 3 rings (SSSR count). The lowest BCUT2D eigenvalue weighted by Gasteiger charge is -2.22. The molecule has 3 unspecified atom stereocenters. The smallest absolute Gasteiger partial charge is 0.0147 e. The minimum absolute atomic E-state index is 0.789. The van der Waals surface area contributed by atoms with Gasteiger partial charge in [0.1, 0.15) is 0 Å². The zero-order chi connectivity index (χ0) is 8.67. The van der Waals surface area contributed by atoms with Crippen molar-refractivity contribution in [2.24, 2.45) is 5.92 Å². The van der Waals surface area contributed by atoms with E-state index in [2.05, 4.69) is 22.8 Å². The topological polar surface area (TPSA) is 12.0 Å². The maximum absolute atomic E-state index is 3.74. The van der Waals surface area contributed by atoms with Crippen LogP contribution in [0, 0.1) is 5.92 Å². The van der Waals surface area contributed by atoms with Gasteiger partial charge in [0, 0.05) is 17.0 Å². The minimum Gasteiger partial charge on any atom is -0.311 e. The lowest BCUT2D eigenvalue weighted by molar-refractivity contribution is 0.381. The Balaban J connectivity index is 1.68. The quantitative estimate of drug-likeness (QED) is 0.760. The van der Waals surface area contributed by atoms with Crippen molar-refractivity contribution in [3.05, 3.63) is 22.4 Å². The number of nitrogens with one attached hydrogen (secondary N) is 1. The van der Waals surface area contributed by atoms with Gasteiger partial charge in [-0.2, -0.15) is 0 Å². The van der Waals surface area contributed by atoms with Gasteiger partial charge in [-0.1, -0.05) is 6.07 Å². The van der Waals surface area contributed by atoms with E-state index in [-0.39, 0.29) is 0 Å². The Morgan fingerprint density at radius 3 is 3.08 bits per heavy atom. The van der Waals surface area contributed by atoms with Gasteiger partial charge in [-0.3, -0.25) is 0 Å². The Labute approximate surface area is 83.2 Å². The molecule has 1 nitrogen and oxygen atoms in total. The monoisotopic (exact) mass is 193 g/mol. The molecule has 3 atom stereocenters. The summed E-state index contributed by atoms with van der Waals surface area (Å²) in [6, 6.07) is 6.07. The summed E-state index contributed by atoms with van der Waals surface area (Å²) in [5, 5.41) is 5.92. The Morgan fingerprint density at radius 2 is 2.46 bits per heavy atom. The molecule has 13 heavy (non-hydrogen) atoms. The minimum atomic E-state index is 0.789. The molecular weight excluding hydrogens is 178 g/mol. The summed E-state index contributed by atoms with van der Waals surface area (Å²) >= 11 is 1.90. The van der Waals surface area contributed by atoms with E-state index in [0.29, 0.717) is 0 Å². The van der Waals surface area contributed by atoms with Crippen molar-refractivity contribution in [1.29, 1.82) is 0 Å². The molecule has 1 aliphatic heterocycles. The number of hydrogen-bond donors (Lipinski definition) is 1. The third-order valence-electron chi connectivity index (χ3n) is 3.49. The van der Waals surface area contributed by atoms with Crippen molar-refractivity contribution >= 4 is 11.3 Å². The zero-order valence-electron chi connectivity index (χ0n) is 7.70. The lowest BCUT2D eigenvalue weighted by Crippen LogP contribution is -2.36. The molecule has 1 saturated carbocycles. The van der Waals surface area contributed by atoms with E-state index < -0.39 is 0 Å². The first kappa shape index (κ1) is 8.01. The number of fused-ring (bicyclic) bond motifs is 2. The lowest BCUT2D eigenvalue weighted by atomic mass is 9.97. The first-order valence-electron chi connectivity index (χ1n) is 5.20. The summed E-state index contributed by atoms with van der Waals surface area (Å²) in [7, 11) is 0. The van der Waals surface area contributed by atoms with Crippen molar-refractivity contribution in [2.45, 2.75) is 37.8 Å². The van der Waals surface area contributed by atoms with Crippen molar-refractivity contribution in [3.8, 4) is 0 Å². The maximum atomic E-state index is 3.74. The summed E-state index contributed by atoms with van der Waals surface area (Å²) in [6.45, 7) is 0. The van der Waals surface area contributed by atoms with Crippen molar-refractivity contribution in [2.75, 3.05) is 0 Å². The predicted octanol–water partition coefficient (Wildman–Crippen LogP) is 2.43. The fourth-order valence-corrected chi connectivity index (χ4v) is 3.61. The van der Waals surface area contributed by atoms with Gasteiger partial charge in [0.05, 0.1) is 0 Å². The molecule has 1 aromatic rings. The van der Waals surface area contributed by atoms with Crippen LogP contribution in [-0.4, -0.2) is 12.1 Å². The second-order valence-electron chi connectivity index (χ2n) is 4.33. The van der Waals surface area contributed by atoms with Gasteiger partial charge in [-0.05, 0) is 43.0 Å². The van der Waals surface area contributed by atoms with Crippen LogP contribution in [0.25, 0.3) is 0 Å². The number of rotatable bonds is 2. The molecule has 1 saturated heterocycles. The maximum Gasteiger partial charge on any atom is 0.0147 e.